The molecule has 2 N–H and O–H groups in total. The maximum Gasteiger partial charge on any atom is 0.337 e. The number of hydrogen-bond donors (Lipinski definition) is 2. The predicted octanol–water partition coefficient (Wildman–Crippen LogP) is 4.88. The van der Waals surface area contributed by atoms with Crippen LogP contribution in [0.25, 0.3) is 0 Å². The van der Waals surface area contributed by atoms with Crippen LogP contribution in [0.1, 0.15) is 20.0 Å². The molecule has 2 rings (SSSR count). The summed E-state index contributed by atoms with van der Waals surface area (Å²) in [4.78, 5) is 23.4. The van der Waals surface area contributed by atoms with Crippen LogP contribution in [0, 0.1) is 0 Å². The van der Waals surface area contributed by atoms with Crippen molar-refractivity contribution in [1.29, 1.82) is 0 Å². The highest BCUT2D eigenvalue weighted by Crippen LogP contribution is 2.32. The van der Waals surface area contributed by atoms with E-state index in [2.05, 4.69) is 37.2 Å². The van der Waals surface area contributed by atoms with Gasteiger partial charge in [0.05, 0.1) is 19.2 Å². The molecule has 1 aromatic carbocycles. The average molecular weight is 440 g/mol. The van der Waals surface area contributed by atoms with Gasteiger partial charge < -0.3 is 10.4 Å². The molecule has 0 aliphatic carbocycles. The van der Waals surface area contributed by atoms with Crippen LogP contribution < -0.4 is 5.32 Å². The standard InChI is InChI=1S/C12H6Br2ClNO3S/c13-7-4-9(20-10(7)14)11(17)16-5-1-2-6(12(18)19)8(15)3-5/h1-4H,(H,16,17)(H,18,19). The molecule has 0 aliphatic heterocycles. The van der Waals surface area contributed by atoms with Gasteiger partial charge in [-0.25, -0.2) is 4.79 Å². The number of nitrogens with one attached hydrogen (secondary N) is 1. The number of anilines is 1. The molecule has 0 saturated heterocycles. The van der Waals surface area contributed by atoms with Gasteiger partial charge in [0, 0.05) is 10.2 Å². The number of halogens is 3. The van der Waals surface area contributed by atoms with E-state index in [1.807, 2.05) is 0 Å². The van der Waals surface area contributed by atoms with Crippen molar-refractivity contribution in [3.8, 4) is 0 Å². The number of carbonyl (C=O) groups is 2. The zero-order chi connectivity index (χ0) is 14.9. The molecule has 0 aliphatic rings. The van der Waals surface area contributed by atoms with E-state index in [1.54, 1.807) is 6.07 Å². The molecule has 0 spiro atoms. The number of thiophene rings is 1. The lowest BCUT2D eigenvalue weighted by Crippen LogP contribution is -2.10. The van der Waals surface area contributed by atoms with E-state index < -0.39 is 5.97 Å². The van der Waals surface area contributed by atoms with Crippen LogP contribution in [0.15, 0.2) is 32.5 Å². The second kappa shape index (κ2) is 6.26. The summed E-state index contributed by atoms with van der Waals surface area (Å²) in [6, 6.07) is 5.93. The minimum Gasteiger partial charge on any atom is -0.478 e. The summed E-state index contributed by atoms with van der Waals surface area (Å²) in [6.07, 6.45) is 0. The number of hydrogen-bond acceptors (Lipinski definition) is 3. The molecular weight excluding hydrogens is 433 g/mol. The first-order chi connectivity index (χ1) is 9.38. The van der Waals surface area contributed by atoms with Gasteiger partial charge in [0.25, 0.3) is 5.91 Å². The highest BCUT2D eigenvalue weighted by Gasteiger charge is 2.14. The zero-order valence-electron chi connectivity index (χ0n) is 9.62. The molecule has 0 atom stereocenters. The van der Waals surface area contributed by atoms with E-state index in [4.69, 9.17) is 16.7 Å². The smallest absolute Gasteiger partial charge is 0.337 e. The summed E-state index contributed by atoms with van der Waals surface area (Å²) >= 11 is 13.7. The number of amides is 1. The number of benzene rings is 1. The molecule has 1 amide bonds. The second-order valence-corrected chi connectivity index (χ2v) is 7.32. The van der Waals surface area contributed by atoms with Crippen LogP contribution in [0.2, 0.25) is 5.02 Å². The minimum atomic E-state index is -1.11. The van der Waals surface area contributed by atoms with Crippen LogP contribution in [0.5, 0.6) is 0 Å². The van der Waals surface area contributed by atoms with Gasteiger partial charge in [0.15, 0.2) is 0 Å². The van der Waals surface area contributed by atoms with Crippen molar-refractivity contribution in [2.24, 2.45) is 0 Å². The van der Waals surface area contributed by atoms with Crippen molar-refractivity contribution in [2.75, 3.05) is 5.32 Å². The van der Waals surface area contributed by atoms with E-state index in [-0.39, 0.29) is 16.5 Å². The molecule has 104 valence electrons. The Morgan fingerprint density at radius 2 is 1.95 bits per heavy atom. The SMILES string of the molecule is O=C(Nc1ccc(C(=O)O)c(Cl)c1)c1cc(Br)c(Br)s1. The fourth-order valence-electron chi connectivity index (χ4n) is 1.42. The summed E-state index contributed by atoms with van der Waals surface area (Å²) in [7, 11) is 0. The molecule has 4 nitrogen and oxygen atoms in total. The van der Waals surface area contributed by atoms with Crippen LogP contribution in [0.4, 0.5) is 5.69 Å². The van der Waals surface area contributed by atoms with Gasteiger partial charge >= 0.3 is 5.97 Å². The van der Waals surface area contributed by atoms with E-state index >= 15 is 0 Å². The van der Waals surface area contributed by atoms with Gasteiger partial charge in [0.1, 0.15) is 0 Å². The Bertz CT molecular complexity index is 683. The fraction of sp³-hybridized carbons (Fsp3) is 0. The lowest BCUT2D eigenvalue weighted by atomic mass is 10.2. The topological polar surface area (TPSA) is 66.4 Å². The number of carboxylic acids is 1. The number of aromatic carboxylic acids is 1. The lowest BCUT2D eigenvalue weighted by Gasteiger charge is -2.05. The first-order valence-corrected chi connectivity index (χ1v) is 7.95. The minimum absolute atomic E-state index is 0.00808. The van der Waals surface area contributed by atoms with Gasteiger partial charge in [-0.1, -0.05) is 11.6 Å². The molecule has 0 radical (unpaired) electrons. The Balaban J connectivity index is 2.20. The van der Waals surface area contributed by atoms with Gasteiger partial charge in [-0.05, 0) is 56.1 Å². The Kier molecular flexibility index (Phi) is 4.85. The molecule has 0 saturated carbocycles. The van der Waals surface area contributed by atoms with Gasteiger partial charge in [-0.15, -0.1) is 11.3 Å². The Hall–Kier alpha value is -0.890. The van der Waals surface area contributed by atoms with Crippen molar-refractivity contribution in [2.45, 2.75) is 0 Å². The Morgan fingerprint density at radius 3 is 2.45 bits per heavy atom. The van der Waals surface area contributed by atoms with Crippen molar-refractivity contribution in [1.82, 2.24) is 0 Å². The van der Waals surface area contributed by atoms with Crippen molar-refractivity contribution >= 4 is 72.4 Å². The third-order valence-corrected chi connectivity index (χ3v) is 5.89. The van der Waals surface area contributed by atoms with Crippen LogP contribution in [0.3, 0.4) is 0 Å². The zero-order valence-corrected chi connectivity index (χ0v) is 14.4. The summed E-state index contributed by atoms with van der Waals surface area (Å²) < 4.78 is 1.62. The highest BCUT2D eigenvalue weighted by molar-refractivity contribution is 9.13. The lowest BCUT2D eigenvalue weighted by molar-refractivity contribution is 0.0697. The van der Waals surface area contributed by atoms with Crippen molar-refractivity contribution < 1.29 is 14.7 Å². The van der Waals surface area contributed by atoms with Gasteiger partial charge in [-0.2, -0.15) is 0 Å². The van der Waals surface area contributed by atoms with E-state index in [9.17, 15) is 9.59 Å². The third kappa shape index (κ3) is 3.41. The first kappa shape index (κ1) is 15.5. The van der Waals surface area contributed by atoms with Crippen molar-refractivity contribution in [3.63, 3.8) is 0 Å². The number of rotatable bonds is 3. The van der Waals surface area contributed by atoms with Crippen LogP contribution >= 0.6 is 54.8 Å². The molecular formula is C12H6Br2ClNO3S. The fourth-order valence-corrected chi connectivity index (χ4v) is 3.61. The van der Waals surface area contributed by atoms with Crippen molar-refractivity contribution in [3.05, 3.63) is 48.0 Å². The molecule has 2 aromatic rings. The van der Waals surface area contributed by atoms with E-state index in [0.717, 1.165) is 8.26 Å². The largest absolute Gasteiger partial charge is 0.478 e. The Morgan fingerprint density at radius 1 is 1.25 bits per heavy atom. The van der Waals surface area contributed by atoms with Gasteiger partial charge in [0.2, 0.25) is 0 Å². The monoisotopic (exact) mass is 437 g/mol. The summed E-state index contributed by atoms with van der Waals surface area (Å²) in [6.45, 7) is 0. The molecule has 0 fully saturated rings. The second-order valence-electron chi connectivity index (χ2n) is 3.69. The van der Waals surface area contributed by atoms with Crippen LogP contribution in [-0.2, 0) is 0 Å². The third-order valence-electron chi connectivity index (χ3n) is 2.33. The molecule has 1 aromatic heterocycles. The summed E-state index contributed by atoms with van der Waals surface area (Å²) in [5, 5.41) is 11.6. The average Bonchev–Trinajstić information content (AvgIpc) is 2.69. The van der Waals surface area contributed by atoms with E-state index in [1.165, 1.54) is 29.5 Å². The maximum atomic E-state index is 12.0. The molecule has 0 bridgehead atoms. The highest BCUT2D eigenvalue weighted by atomic mass is 79.9. The predicted molar refractivity (Wildman–Crippen MR) is 86.1 cm³/mol. The quantitative estimate of drug-likeness (QED) is 0.717. The van der Waals surface area contributed by atoms with E-state index in [0.29, 0.717) is 10.6 Å². The number of carbonyl (C=O) groups excluding carboxylic acids is 1. The molecule has 1 heterocycles. The summed E-state index contributed by atoms with van der Waals surface area (Å²) in [5.74, 6) is -1.40. The summed E-state index contributed by atoms with van der Waals surface area (Å²) in [5.41, 5.74) is 0.428. The Labute approximate surface area is 140 Å². The normalized spacial score (nSPS) is 10.3. The van der Waals surface area contributed by atoms with Crippen LogP contribution in [-0.4, -0.2) is 17.0 Å². The van der Waals surface area contributed by atoms with Gasteiger partial charge in [-0.3, -0.25) is 4.79 Å². The maximum absolute atomic E-state index is 12.0. The molecule has 20 heavy (non-hydrogen) atoms. The number of carboxylic acid groups (broad SMARTS) is 1. The molecule has 0 unspecified atom stereocenters. The first-order valence-electron chi connectivity index (χ1n) is 5.17. The molecule has 8 heteroatoms.